The number of thiophene rings is 1. The summed E-state index contributed by atoms with van der Waals surface area (Å²) in [5, 5.41) is 3.32. The quantitative estimate of drug-likeness (QED) is 0.848. The SMILES string of the molecule is CCOC(C)(C)C(Cc1ccc(Cl)s1)NC. The standard InChI is InChI=1S/C12H20ClNOS/c1-5-15-12(2,3)10(14-4)8-9-6-7-11(13)16-9/h6-7,10,14H,5,8H2,1-4H3. The number of likely N-dealkylation sites (N-methyl/N-ethyl adjacent to an activating group) is 1. The van der Waals surface area contributed by atoms with E-state index in [4.69, 9.17) is 16.3 Å². The first-order chi connectivity index (χ1) is 7.49. The van der Waals surface area contributed by atoms with Gasteiger partial charge in [-0.2, -0.15) is 0 Å². The molecule has 0 aromatic carbocycles. The summed E-state index contributed by atoms with van der Waals surface area (Å²) >= 11 is 7.56. The Morgan fingerprint density at radius 3 is 2.62 bits per heavy atom. The van der Waals surface area contributed by atoms with Crippen molar-refractivity contribution in [2.75, 3.05) is 13.7 Å². The molecule has 0 saturated carbocycles. The molecule has 0 saturated heterocycles. The molecule has 0 radical (unpaired) electrons. The first-order valence-corrected chi connectivity index (χ1v) is 6.74. The maximum atomic E-state index is 5.93. The Morgan fingerprint density at radius 1 is 1.50 bits per heavy atom. The van der Waals surface area contributed by atoms with Crippen LogP contribution >= 0.6 is 22.9 Å². The van der Waals surface area contributed by atoms with Crippen LogP contribution in [0.15, 0.2) is 12.1 Å². The molecular weight excluding hydrogens is 242 g/mol. The second kappa shape index (κ2) is 6.01. The second-order valence-corrected chi connectivity index (χ2v) is 6.09. The third-order valence-corrected chi connectivity index (χ3v) is 3.99. The van der Waals surface area contributed by atoms with Crippen molar-refractivity contribution in [3.63, 3.8) is 0 Å². The van der Waals surface area contributed by atoms with E-state index in [1.165, 1.54) is 4.88 Å². The summed E-state index contributed by atoms with van der Waals surface area (Å²) in [6, 6.07) is 4.32. The molecule has 0 aliphatic heterocycles. The molecule has 1 atom stereocenters. The average Bonchev–Trinajstić information content (AvgIpc) is 2.60. The molecule has 0 spiro atoms. The minimum absolute atomic E-state index is 0.167. The zero-order valence-electron chi connectivity index (χ0n) is 10.3. The number of nitrogens with one attached hydrogen (secondary N) is 1. The normalized spacial score (nSPS) is 14.1. The first-order valence-electron chi connectivity index (χ1n) is 5.55. The number of rotatable bonds is 6. The lowest BCUT2D eigenvalue weighted by Crippen LogP contribution is -2.48. The van der Waals surface area contributed by atoms with Crippen molar-refractivity contribution in [3.05, 3.63) is 21.3 Å². The van der Waals surface area contributed by atoms with Crippen molar-refractivity contribution in [2.45, 2.75) is 38.8 Å². The van der Waals surface area contributed by atoms with E-state index in [1.807, 2.05) is 20.0 Å². The van der Waals surface area contributed by atoms with Gasteiger partial charge in [0.1, 0.15) is 0 Å². The molecule has 4 heteroatoms. The van der Waals surface area contributed by atoms with Gasteiger partial charge in [-0.25, -0.2) is 0 Å². The third kappa shape index (κ3) is 3.74. The first kappa shape index (κ1) is 14.0. The second-order valence-electron chi connectivity index (χ2n) is 4.29. The van der Waals surface area contributed by atoms with Gasteiger partial charge in [-0.3, -0.25) is 0 Å². The lowest BCUT2D eigenvalue weighted by molar-refractivity contribution is -0.0361. The van der Waals surface area contributed by atoms with Crippen molar-refractivity contribution in [1.29, 1.82) is 0 Å². The molecule has 1 rings (SSSR count). The minimum atomic E-state index is -0.167. The van der Waals surface area contributed by atoms with Gasteiger partial charge in [-0.15, -0.1) is 11.3 Å². The summed E-state index contributed by atoms with van der Waals surface area (Å²) in [5.74, 6) is 0. The van der Waals surface area contributed by atoms with Gasteiger partial charge in [0.05, 0.1) is 9.94 Å². The highest BCUT2D eigenvalue weighted by molar-refractivity contribution is 7.16. The Labute approximate surface area is 107 Å². The molecule has 2 nitrogen and oxygen atoms in total. The predicted molar refractivity (Wildman–Crippen MR) is 71.6 cm³/mol. The zero-order chi connectivity index (χ0) is 12.2. The van der Waals surface area contributed by atoms with Crippen LogP contribution in [0, 0.1) is 0 Å². The Kier molecular flexibility index (Phi) is 5.25. The number of hydrogen-bond donors (Lipinski definition) is 1. The van der Waals surface area contributed by atoms with Crippen molar-refractivity contribution in [2.24, 2.45) is 0 Å². The van der Waals surface area contributed by atoms with Crippen LogP contribution in [0.25, 0.3) is 0 Å². The highest BCUT2D eigenvalue weighted by atomic mass is 35.5. The highest BCUT2D eigenvalue weighted by Gasteiger charge is 2.29. The van der Waals surface area contributed by atoms with Crippen LogP contribution in [-0.2, 0) is 11.2 Å². The van der Waals surface area contributed by atoms with E-state index < -0.39 is 0 Å². The van der Waals surface area contributed by atoms with Gasteiger partial charge in [0, 0.05) is 17.5 Å². The summed E-state index contributed by atoms with van der Waals surface area (Å²) < 4.78 is 6.62. The van der Waals surface area contributed by atoms with Crippen molar-refractivity contribution in [1.82, 2.24) is 5.32 Å². The van der Waals surface area contributed by atoms with Gasteiger partial charge >= 0.3 is 0 Å². The van der Waals surface area contributed by atoms with E-state index in [0.717, 1.165) is 17.4 Å². The van der Waals surface area contributed by atoms with E-state index in [2.05, 4.69) is 25.2 Å². The molecule has 1 aromatic rings. The fraction of sp³-hybridized carbons (Fsp3) is 0.667. The van der Waals surface area contributed by atoms with Gasteiger partial charge in [0.25, 0.3) is 0 Å². The molecule has 1 N–H and O–H groups in total. The van der Waals surface area contributed by atoms with Crippen molar-refractivity contribution >= 4 is 22.9 Å². The third-order valence-electron chi connectivity index (χ3n) is 2.74. The summed E-state index contributed by atoms with van der Waals surface area (Å²) in [6.45, 7) is 6.99. The maximum absolute atomic E-state index is 5.93. The molecular formula is C12H20ClNOS. The monoisotopic (exact) mass is 261 g/mol. The van der Waals surface area contributed by atoms with Gasteiger partial charge in [-0.05, 0) is 46.4 Å². The molecule has 92 valence electrons. The van der Waals surface area contributed by atoms with Crippen LogP contribution in [0.2, 0.25) is 4.34 Å². The molecule has 0 amide bonds. The number of hydrogen-bond acceptors (Lipinski definition) is 3. The highest BCUT2D eigenvalue weighted by Crippen LogP contribution is 2.25. The van der Waals surface area contributed by atoms with Gasteiger partial charge in [-0.1, -0.05) is 11.6 Å². The largest absolute Gasteiger partial charge is 0.374 e. The Morgan fingerprint density at radius 2 is 2.19 bits per heavy atom. The average molecular weight is 262 g/mol. The van der Waals surface area contributed by atoms with E-state index in [9.17, 15) is 0 Å². The Bertz CT molecular complexity index is 325. The minimum Gasteiger partial charge on any atom is -0.374 e. The van der Waals surface area contributed by atoms with Crippen LogP contribution in [0.3, 0.4) is 0 Å². The molecule has 0 bridgehead atoms. The van der Waals surface area contributed by atoms with E-state index >= 15 is 0 Å². The lowest BCUT2D eigenvalue weighted by Gasteiger charge is -2.33. The molecule has 0 aliphatic carbocycles. The molecule has 1 unspecified atom stereocenters. The van der Waals surface area contributed by atoms with E-state index in [0.29, 0.717) is 6.04 Å². The van der Waals surface area contributed by atoms with Crippen molar-refractivity contribution < 1.29 is 4.74 Å². The Hall–Kier alpha value is -0.0900. The predicted octanol–water partition coefficient (Wildman–Crippen LogP) is 3.35. The summed E-state index contributed by atoms with van der Waals surface area (Å²) in [7, 11) is 1.97. The van der Waals surface area contributed by atoms with E-state index in [-0.39, 0.29) is 5.60 Å². The lowest BCUT2D eigenvalue weighted by atomic mass is 9.95. The van der Waals surface area contributed by atoms with Crippen LogP contribution in [0.1, 0.15) is 25.6 Å². The maximum Gasteiger partial charge on any atom is 0.0931 e. The molecule has 1 heterocycles. The zero-order valence-corrected chi connectivity index (χ0v) is 11.9. The van der Waals surface area contributed by atoms with Gasteiger partial charge < -0.3 is 10.1 Å². The van der Waals surface area contributed by atoms with Crippen molar-refractivity contribution in [3.8, 4) is 0 Å². The summed E-state index contributed by atoms with van der Waals surface area (Å²) in [4.78, 5) is 1.29. The van der Waals surface area contributed by atoms with Crippen LogP contribution < -0.4 is 5.32 Å². The van der Waals surface area contributed by atoms with Gasteiger partial charge in [0.15, 0.2) is 0 Å². The van der Waals surface area contributed by atoms with Crippen LogP contribution in [-0.4, -0.2) is 25.3 Å². The Balaban J connectivity index is 2.68. The fourth-order valence-electron chi connectivity index (χ4n) is 1.83. The van der Waals surface area contributed by atoms with Crippen LogP contribution in [0.4, 0.5) is 0 Å². The molecule has 0 aliphatic rings. The smallest absolute Gasteiger partial charge is 0.0931 e. The molecule has 0 fully saturated rings. The van der Waals surface area contributed by atoms with Gasteiger partial charge in [0.2, 0.25) is 0 Å². The summed E-state index contributed by atoms with van der Waals surface area (Å²) in [6.07, 6.45) is 0.945. The summed E-state index contributed by atoms with van der Waals surface area (Å²) in [5.41, 5.74) is -0.167. The number of ether oxygens (including phenoxy) is 1. The fourth-order valence-corrected chi connectivity index (χ4v) is 2.96. The van der Waals surface area contributed by atoms with E-state index in [1.54, 1.807) is 11.3 Å². The topological polar surface area (TPSA) is 21.3 Å². The molecule has 16 heavy (non-hydrogen) atoms. The van der Waals surface area contributed by atoms with Crippen LogP contribution in [0.5, 0.6) is 0 Å². The number of halogens is 1. The molecule has 1 aromatic heterocycles.